The predicted molar refractivity (Wildman–Crippen MR) is 105 cm³/mol. The van der Waals surface area contributed by atoms with Gasteiger partial charge in [0.1, 0.15) is 5.82 Å². The van der Waals surface area contributed by atoms with Gasteiger partial charge in [0.25, 0.3) is 0 Å². The molecular formula is C20H23FN2O4S. The van der Waals surface area contributed by atoms with Gasteiger partial charge in [-0.25, -0.2) is 17.5 Å². The minimum atomic E-state index is -3.64. The first-order chi connectivity index (χ1) is 13.3. The van der Waals surface area contributed by atoms with E-state index in [1.165, 1.54) is 42.5 Å². The zero-order chi connectivity index (χ0) is 20.6. The fourth-order valence-electron chi connectivity index (χ4n) is 2.44. The Kier molecular flexibility index (Phi) is 7.83. The second kappa shape index (κ2) is 10.1. The van der Waals surface area contributed by atoms with Crippen LogP contribution < -0.4 is 10.0 Å². The lowest BCUT2D eigenvalue weighted by molar-refractivity contribution is -0.116. The third-order valence-corrected chi connectivity index (χ3v) is 5.45. The Morgan fingerprint density at radius 1 is 1.04 bits per heavy atom. The molecule has 0 unspecified atom stereocenters. The van der Waals surface area contributed by atoms with Crippen molar-refractivity contribution in [3.8, 4) is 0 Å². The van der Waals surface area contributed by atoms with Gasteiger partial charge in [-0.15, -0.1) is 0 Å². The third-order valence-electron chi connectivity index (χ3n) is 4.00. The van der Waals surface area contributed by atoms with E-state index in [0.717, 1.165) is 12.8 Å². The molecule has 6 nitrogen and oxygen atoms in total. The van der Waals surface area contributed by atoms with Gasteiger partial charge in [-0.2, -0.15) is 0 Å². The summed E-state index contributed by atoms with van der Waals surface area (Å²) in [7, 11) is -3.64. The fraction of sp³-hybridized carbons (Fsp3) is 0.300. The monoisotopic (exact) mass is 406 g/mol. The molecule has 28 heavy (non-hydrogen) atoms. The van der Waals surface area contributed by atoms with Crippen LogP contribution in [0.4, 0.5) is 10.1 Å². The summed E-state index contributed by atoms with van der Waals surface area (Å²) in [5.41, 5.74) is 0.665. The maximum atomic E-state index is 12.9. The molecule has 0 fully saturated rings. The van der Waals surface area contributed by atoms with Crippen LogP contribution in [0.3, 0.4) is 0 Å². The van der Waals surface area contributed by atoms with Crippen LogP contribution in [0.5, 0.6) is 0 Å². The van der Waals surface area contributed by atoms with Crippen LogP contribution in [0.15, 0.2) is 53.4 Å². The molecular weight excluding hydrogens is 383 g/mol. The quantitative estimate of drug-likeness (QED) is 0.467. The zero-order valence-electron chi connectivity index (χ0n) is 15.6. The van der Waals surface area contributed by atoms with Crippen molar-refractivity contribution in [2.45, 2.75) is 37.5 Å². The highest BCUT2D eigenvalue weighted by Gasteiger charge is 2.15. The van der Waals surface area contributed by atoms with Gasteiger partial charge in [0.05, 0.1) is 4.90 Å². The van der Waals surface area contributed by atoms with Crippen LogP contribution in [-0.4, -0.2) is 26.7 Å². The van der Waals surface area contributed by atoms with E-state index in [2.05, 4.69) is 10.0 Å². The number of amides is 1. The highest BCUT2D eigenvalue weighted by molar-refractivity contribution is 7.89. The summed E-state index contributed by atoms with van der Waals surface area (Å²) in [6.45, 7) is 2.31. The number of halogens is 1. The van der Waals surface area contributed by atoms with Crippen molar-refractivity contribution in [1.82, 2.24) is 4.72 Å². The Hall–Kier alpha value is -2.58. The van der Waals surface area contributed by atoms with E-state index < -0.39 is 21.7 Å². The summed E-state index contributed by atoms with van der Waals surface area (Å²) < 4.78 is 39.9. The van der Waals surface area contributed by atoms with Crippen molar-refractivity contribution in [3.05, 3.63) is 59.9 Å². The average Bonchev–Trinajstić information content (AvgIpc) is 2.67. The van der Waals surface area contributed by atoms with Crippen LogP contribution >= 0.6 is 0 Å². The second-order valence-electron chi connectivity index (χ2n) is 6.26. The van der Waals surface area contributed by atoms with Gasteiger partial charge < -0.3 is 5.32 Å². The van der Waals surface area contributed by atoms with E-state index in [1.54, 1.807) is 6.07 Å². The van der Waals surface area contributed by atoms with Crippen molar-refractivity contribution >= 4 is 27.4 Å². The molecule has 8 heteroatoms. The Labute approximate surface area is 164 Å². The number of sulfonamides is 1. The number of carbonyl (C=O) groups is 2. The van der Waals surface area contributed by atoms with Crippen molar-refractivity contribution in [1.29, 1.82) is 0 Å². The number of anilines is 1. The molecule has 1 amide bonds. The number of unbranched alkanes of at least 4 members (excludes halogenated alkanes) is 1. The van der Waals surface area contributed by atoms with Gasteiger partial charge in [-0.1, -0.05) is 19.4 Å². The lowest BCUT2D eigenvalue weighted by Gasteiger charge is -2.09. The van der Waals surface area contributed by atoms with Crippen LogP contribution in [0.1, 0.15) is 43.0 Å². The van der Waals surface area contributed by atoms with Gasteiger partial charge in [0, 0.05) is 30.6 Å². The molecule has 2 rings (SSSR count). The number of rotatable bonds is 10. The molecule has 0 aliphatic carbocycles. The predicted octanol–water partition coefficient (Wildman–Crippen LogP) is 3.51. The van der Waals surface area contributed by atoms with Crippen molar-refractivity contribution < 1.29 is 22.4 Å². The smallest absolute Gasteiger partial charge is 0.240 e. The van der Waals surface area contributed by atoms with Gasteiger partial charge in [-0.3, -0.25) is 9.59 Å². The standard InChI is InChI=1S/C20H23FN2O4S/c1-2-3-13-22-28(26,27)18-6-4-5-17(14-18)23-20(25)12-11-19(24)15-7-9-16(21)10-8-15/h4-10,14,22H,2-3,11-13H2,1H3,(H,23,25). The molecule has 0 aliphatic rings. The maximum absolute atomic E-state index is 12.9. The summed E-state index contributed by atoms with van der Waals surface area (Å²) >= 11 is 0. The van der Waals surface area contributed by atoms with Gasteiger partial charge in [-0.05, 0) is 48.9 Å². The summed E-state index contributed by atoms with van der Waals surface area (Å²) in [5.74, 6) is -1.12. The van der Waals surface area contributed by atoms with Gasteiger partial charge >= 0.3 is 0 Å². The Morgan fingerprint density at radius 2 is 1.75 bits per heavy atom. The first-order valence-corrected chi connectivity index (χ1v) is 10.5. The molecule has 2 N–H and O–H groups in total. The SMILES string of the molecule is CCCCNS(=O)(=O)c1cccc(NC(=O)CCC(=O)c2ccc(F)cc2)c1. The van der Waals surface area contributed by atoms with Gasteiger partial charge in [0.15, 0.2) is 5.78 Å². The molecule has 2 aromatic rings. The number of hydrogen-bond donors (Lipinski definition) is 2. The average molecular weight is 406 g/mol. The van der Waals surface area contributed by atoms with E-state index in [-0.39, 0.29) is 23.5 Å². The third kappa shape index (κ3) is 6.54. The molecule has 0 saturated carbocycles. The topological polar surface area (TPSA) is 92.3 Å². The molecule has 0 spiro atoms. The minimum Gasteiger partial charge on any atom is -0.326 e. The Balaban J connectivity index is 1.93. The first kappa shape index (κ1) is 21.7. The molecule has 2 aromatic carbocycles. The molecule has 0 aliphatic heterocycles. The number of benzene rings is 2. The van der Waals surface area contributed by atoms with Crippen molar-refractivity contribution in [2.75, 3.05) is 11.9 Å². The fourth-order valence-corrected chi connectivity index (χ4v) is 3.56. The van der Waals surface area contributed by atoms with E-state index >= 15 is 0 Å². The Morgan fingerprint density at radius 3 is 2.43 bits per heavy atom. The lowest BCUT2D eigenvalue weighted by atomic mass is 10.1. The largest absolute Gasteiger partial charge is 0.326 e. The van der Waals surface area contributed by atoms with E-state index in [1.807, 2.05) is 6.92 Å². The summed E-state index contributed by atoms with van der Waals surface area (Å²) in [6.07, 6.45) is 1.50. The maximum Gasteiger partial charge on any atom is 0.240 e. The van der Waals surface area contributed by atoms with Crippen LogP contribution in [-0.2, 0) is 14.8 Å². The number of hydrogen-bond acceptors (Lipinski definition) is 4. The Bertz CT molecular complexity index is 927. The number of Topliss-reactive ketones (excluding diaryl/α,β-unsaturated/α-hetero) is 1. The molecule has 0 aromatic heterocycles. The number of ketones is 1. The normalized spacial score (nSPS) is 11.2. The molecule has 0 radical (unpaired) electrons. The van der Waals surface area contributed by atoms with E-state index in [0.29, 0.717) is 17.8 Å². The minimum absolute atomic E-state index is 0.0337. The highest BCUT2D eigenvalue weighted by Crippen LogP contribution is 2.16. The summed E-state index contributed by atoms with van der Waals surface area (Å²) in [4.78, 5) is 24.2. The van der Waals surface area contributed by atoms with Crippen LogP contribution in [0, 0.1) is 5.82 Å². The molecule has 0 atom stereocenters. The molecule has 150 valence electrons. The number of carbonyl (C=O) groups excluding carboxylic acids is 2. The summed E-state index contributed by atoms with van der Waals surface area (Å²) in [5, 5.41) is 2.59. The molecule has 0 saturated heterocycles. The zero-order valence-corrected chi connectivity index (χ0v) is 16.4. The van der Waals surface area contributed by atoms with Crippen LogP contribution in [0.25, 0.3) is 0 Å². The summed E-state index contributed by atoms with van der Waals surface area (Å²) in [6, 6.07) is 11.0. The van der Waals surface area contributed by atoms with Crippen LogP contribution in [0.2, 0.25) is 0 Å². The number of nitrogens with one attached hydrogen (secondary N) is 2. The highest BCUT2D eigenvalue weighted by atomic mass is 32.2. The second-order valence-corrected chi connectivity index (χ2v) is 8.02. The lowest BCUT2D eigenvalue weighted by Crippen LogP contribution is -2.24. The first-order valence-electron chi connectivity index (χ1n) is 9.00. The van der Waals surface area contributed by atoms with E-state index in [4.69, 9.17) is 0 Å². The molecule has 0 bridgehead atoms. The van der Waals surface area contributed by atoms with Crippen molar-refractivity contribution in [2.24, 2.45) is 0 Å². The molecule has 0 heterocycles. The van der Waals surface area contributed by atoms with E-state index in [9.17, 15) is 22.4 Å². The van der Waals surface area contributed by atoms with Gasteiger partial charge in [0.2, 0.25) is 15.9 Å². The van der Waals surface area contributed by atoms with Crippen molar-refractivity contribution in [3.63, 3.8) is 0 Å².